The quantitative estimate of drug-likeness (QED) is 0.722. The molecule has 1 aliphatic rings. The van der Waals surface area contributed by atoms with E-state index < -0.39 is 10.0 Å². The summed E-state index contributed by atoms with van der Waals surface area (Å²) in [5.74, 6) is 0.329. The molecular formula is C8H17NO2S. The van der Waals surface area contributed by atoms with E-state index in [4.69, 9.17) is 0 Å². The Hall–Kier alpha value is -0.0900. The van der Waals surface area contributed by atoms with Crippen LogP contribution in [0.1, 0.15) is 27.2 Å². The summed E-state index contributed by atoms with van der Waals surface area (Å²) in [6.07, 6.45) is 1.02. The van der Waals surface area contributed by atoms with Crippen molar-refractivity contribution < 1.29 is 8.42 Å². The first-order chi connectivity index (χ1) is 5.31. The molecule has 3 nitrogen and oxygen atoms in total. The molecule has 1 N–H and O–H groups in total. The maximum Gasteiger partial charge on any atom is 0.214 e. The van der Waals surface area contributed by atoms with Crippen molar-refractivity contribution in [2.75, 3.05) is 7.05 Å². The molecule has 1 saturated carbocycles. The standard InChI is InChI=1S/C8H17NO2S/c1-6(12(10,11)9-4)7-5-8(7,2)3/h6-7,9H,5H2,1-4H3. The van der Waals surface area contributed by atoms with Gasteiger partial charge >= 0.3 is 0 Å². The van der Waals surface area contributed by atoms with Crippen LogP contribution in [0.15, 0.2) is 0 Å². The van der Waals surface area contributed by atoms with Gasteiger partial charge in [0.2, 0.25) is 10.0 Å². The minimum Gasteiger partial charge on any atom is -0.218 e. The third-order valence-corrected chi connectivity index (χ3v) is 4.81. The van der Waals surface area contributed by atoms with E-state index in [1.54, 1.807) is 6.92 Å². The fourth-order valence-electron chi connectivity index (χ4n) is 1.71. The molecule has 2 atom stereocenters. The van der Waals surface area contributed by atoms with E-state index in [1.165, 1.54) is 7.05 Å². The van der Waals surface area contributed by atoms with Crippen LogP contribution in [0.5, 0.6) is 0 Å². The molecule has 1 fully saturated rings. The van der Waals surface area contributed by atoms with Gasteiger partial charge in [0.15, 0.2) is 0 Å². The molecule has 0 spiro atoms. The van der Waals surface area contributed by atoms with Gasteiger partial charge in [-0.05, 0) is 31.7 Å². The van der Waals surface area contributed by atoms with Crippen molar-refractivity contribution in [2.45, 2.75) is 32.4 Å². The van der Waals surface area contributed by atoms with Crippen molar-refractivity contribution in [1.29, 1.82) is 0 Å². The Morgan fingerprint density at radius 1 is 1.50 bits per heavy atom. The monoisotopic (exact) mass is 191 g/mol. The Labute approximate surface area is 74.6 Å². The molecule has 2 unspecified atom stereocenters. The topological polar surface area (TPSA) is 46.2 Å². The van der Waals surface area contributed by atoms with E-state index in [9.17, 15) is 8.42 Å². The Kier molecular flexibility index (Phi) is 2.25. The van der Waals surface area contributed by atoms with Crippen molar-refractivity contribution in [3.63, 3.8) is 0 Å². The van der Waals surface area contributed by atoms with Crippen LogP contribution in [0.2, 0.25) is 0 Å². The summed E-state index contributed by atoms with van der Waals surface area (Å²) in [4.78, 5) is 0. The zero-order chi connectivity index (χ0) is 9.57. The van der Waals surface area contributed by atoms with E-state index in [0.29, 0.717) is 5.92 Å². The van der Waals surface area contributed by atoms with Crippen LogP contribution in [0.3, 0.4) is 0 Å². The van der Waals surface area contributed by atoms with Gasteiger partial charge in [0.05, 0.1) is 5.25 Å². The molecule has 0 aromatic carbocycles. The van der Waals surface area contributed by atoms with E-state index in [-0.39, 0.29) is 10.7 Å². The average molecular weight is 191 g/mol. The molecule has 1 aliphatic carbocycles. The van der Waals surface area contributed by atoms with Crippen LogP contribution >= 0.6 is 0 Å². The van der Waals surface area contributed by atoms with Gasteiger partial charge in [-0.2, -0.15) is 0 Å². The number of hydrogen-bond acceptors (Lipinski definition) is 2. The fourth-order valence-corrected chi connectivity index (χ4v) is 2.98. The van der Waals surface area contributed by atoms with Gasteiger partial charge in [-0.15, -0.1) is 0 Å². The summed E-state index contributed by atoms with van der Waals surface area (Å²) in [6.45, 7) is 6.00. The van der Waals surface area contributed by atoms with Crippen molar-refractivity contribution in [2.24, 2.45) is 11.3 Å². The van der Waals surface area contributed by atoms with Crippen molar-refractivity contribution >= 4 is 10.0 Å². The van der Waals surface area contributed by atoms with Gasteiger partial charge in [-0.25, -0.2) is 13.1 Å². The molecule has 0 saturated heterocycles. The summed E-state index contributed by atoms with van der Waals surface area (Å²) in [5, 5.41) is -0.252. The summed E-state index contributed by atoms with van der Waals surface area (Å²) in [5.41, 5.74) is 0.226. The molecule has 0 aliphatic heterocycles. The molecule has 12 heavy (non-hydrogen) atoms. The minimum absolute atomic E-state index is 0.226. The van der Waals surface area contributed by atoms with Crippen molar-refractivity contribution in [3.05, 3.63) is 0 Å². The minimum atomic E-state index is -3.06. The van der Waals surface area contributed by atoms with Gasteiger partial charge in [-0.3, -0.25) is 0 Å². The fraction of sp³-hybridized carbons (Fsp3) is 1.00. The molecule has 0 heterocycles. The van der Waals surface area contributed by atoms with Crippen LogP contribution in [-0.2, 0) is 10.0 Å². The Morgan fingerprint density at radius 2 is 1.92 bits per heavy atom. The highest BCUT2D eigenvalue weighted by Crippen LogP contribution is 2.54. The lowest BCUT2D eigenvalue weighted by atomic mass is 10.1. The molecule has 4 heteroatoms. The van der Waals surface area contributed by atoms with Gasteiger partial charge in [-0.1, -0.05) is 13.8 Å². The van der Waals surface area contributed by atoms with E-state index >= 15 is 0 Å². The largest absolute Gasteiger partial charge is 0.218 e. The third kappa shape index (κ3) is 1.64. The summed E-state index contributed by atoms with van der Waals surface area (Å²) in [6, 6.07) is 0. The van der Waals surface area contributed by atoms with Gasteiger partial charge in [0.25, 0.3) is 0 Å². The maximum absolute atomic E-state index is 11.4. The highest BCUT2D eigenvalue weighted by molar-refractivity contribution is 7.90. The van der Waals surface area contributed by atoms with Crippen molar-refractivity contribution in [3.8, 4) is 0 Å². The lowest BCUT2D eigenvalue weighted by Crippen LogP contribution is -2.32. The zero-order valence-electron chi connectivity index (χ0n) is 8.09. The third-order valence-electron chi connectivity index (χ3n) is 2.93. The average Bonchev–Trinajstić information content (AvgIpc) is 2.58. The molecule has 0 amide bonds. The molecule has 0 radical (unpaired) electrons. The van der Waals surface area contributed by atoms with Gasteiger partial charge in [0.1, 0.15) is 0 Å². The van der Waals surface area contributed by atoms with Gasteiger partial charge in [0, 0.05) is 0 Å². The summed E-state index contributed by atoms with van der Waals surface area (Å²) in [7, 11) is -1.58. The predicted octanol–water partition coefficient (Wildman–Crippen LogP) is 0.970. The van der Waals surface area contributed by atoms with Crippen LogP contribution in [0.4, 0.5) is 0 Å². The molecule has 0 aromatic rings. The lowest BCUT2D eigenvalue weighted by Gasteiger charge is -2.12. The first-order valence-corrected chi connectivity index (χ1v) is 5.78. The van der Waals surface area contributed by atoms with E-state index in [1.807, 2.05) is 0 Å². The highest BCUT2D eigenvalue weighted by atomic mass is 32.2. The second-order valence-electron chi connectivity index (χ2n) is 4.25. The van der Waals surface area contributed by atoms with Crippen LogP contribution in [0, 0.1) is 11.3 Å². The van der Waals surface area contributed by atoms with E-state index in [2.05, 4.69) is 18.6 Å². The summed E-state index contributed by atoms with van der Waals surface area (Å²) < 4.78 is 25.1. The maximum atomic E-state index is 11.4. The molecule has 1 rings (SSSR count). The van der Waals surface area contributed by atoms with Crippen LogP contribution < -0.4 is 4.72 Å². The molecular weight excluding hydrogens is 174 g/mol. The van der Waals surface area contributed by atoms with Crippen LogP contribution in [-0.4, -0.2) is 20.7 Å². The molecule has 0 aromatic heterocycles. The Balaban J connectivity index is 2.69. The Bertz CT molecular complexity index is 269. The number of rotatable bonds is 3. The second-order valence-corrected chi connectivity index (χ2v) is 6.50. The Morgan fingerprint density at radius 3 is 2.17 bits per heavy atom. The normalized spacial score (nSPS) is 29.8. The first-order valence-electron chi connectivity index (χ1n) is 4.23. The van der Waals surface area contributed by atoms with Gasteiger partial charge < -0.3 is 0 Å². The number of sulfonamides is 1. The smallest absolute Gasteiger partial charge is 0.214 e. The predicted molar refractivity (Wildman–Crippen MR) is 49.3 cm³/mol. The zero-order valence-corrected chi connectivity index (χ0v) is 8.90. The first kappa shape index (κ1) is 9.99. The van der Waals surface area contributed by atoms with E-state index in [0.717, 1.165) is 6.42 Å². The number of nitrogens with one attached hydrogen (secondary N) is 1. The molecule has 72 valence electrons. The number of hydrogen-bond donors (Lipinski definition) is 1. The second kappa shape index (κ2) is 2.70. The highest BCUT2D eigenvalue weighted by Gasteiger charge is 2.52. The molecule has 0 bridgehead atoms. The van der Waals surface area contributed by atoms with Crippen LogP contribution in [0.25, 0.3) is 0 Å². The summed E-state index contributed by atoms with van der Waals surface area (Å²) >= 11 is 0. The lowest BCUT2D eigenvalue weighted by molar-refractivity contribution is 0.519. The van der Waals surface area contributed by atoms with Crippen molar-refractivity contribution in [1.82, 2.24) is 4.72 Å². The SMILES string of the molecule is CNS(=O)(=O)C(C)C1CC1(C)C.